The maximum Gasteiger partial charge on any atom is 0.328 e. The van der Waals surface area contributed by atoms with E-state index < -0.39 is 17.8 Å². The number of rotatable bonds is 5. The summed E-state index contributed by atoms with van der Waals surface area (Å²) < 4.78 is 6.14. The van der Waals surface area contributed by atoms with Crippen molar-refractivity contribution < 1.29 is 24.2 Å². The summed E-state index contributed by atoms with van der Waals surface area (Å²) in [6.07, 6.45) is 1.44. The molecule has 124 valence electrons. The zero-order valence-electron chi connectivity index (χ0n) is 12.3. The molecule has 7 nitrogen and oxygen atoms in total. The van der Waals surface area contributed by atoms with Gasteiger partial charge in [0.05, 0.1) is 4.47 Å². The lowest BCUT2D eigenvalue weighted by molar-refractivity contribution is -0.131. The lowest BCUT2D eigenvalue weighted by Gasteiger charge is -2.10. The maximum absolute atomic E-state index is 11.6. The zero-order valence-corrected chi connectivity index (χ0v) is 13.9. The van der Waals surface area contributed by atoms with Gasteiger partial charge in [-0.15, -0.1) is 0 Å². The Bertz CT molecular complexity index is 819. The molecule has 8 heteroatoms. The fraction of sp³-hybridized carbons (Fsp3) is 0.0625. The first-order chi connectivity index (χ1) is 11.5. The van der Waals surface area contributed by atoms with Crippen molar-refractivity contribution in [3.63, 3.8) is 0 Å². The second-order valence-corrected chi connectivity index (χ2v) is 5.39. The topological polar surface area (TPSA) is 105 Å². The molecule has 0 aliphatic rings. The number of carboxylic acid groups (broad SMARTS) is 1. The molecular weight excluding hydrogens is 380 g/mol. The van der Waals surface area contributed by atoms with Crippen LogP contribution in [0.5, 0.6) is 5.75 Å². The molecule has 0 fully saturated rings. The number of hydrazine groups is 1. The predicted octanol–water partition coefficient (Wildman–Crippen LogP) is 1.77. The summed E-state index contributed by atoms with van der Waals surface area (Å²) in [7, 11) is 0. The largest absolute Gasteiger partial charge is 0.483 e. The number of carboxylic acids is 1. The number of fused-ring (bicyclic) bond motifs is 1. The normalized spacial score (nSPS) is 10.5. The number of hydrogen-bond acceptors (Lipinski definition) is 4. The van der Waals surface area contributed by atoms with E-state index in [2.05, 4.69) is 21.4 Å². The average Bonchev–Trinajstić information content (AvgIpc) is 2.57. The van der Waals surface area contributed by atoms with Crippen LogP contribution in [0.4, 0.5) is 0 Å². The fourth-order valence-electron chi connectivity index (χ4n) is 1.82. The molecule has 0 bridgehead atoms. The Morgan fingerprint density at radius 2 is 1.83 bits per heavy atom. The molecule has 0 aromatic heterocycles. The summed E-state index contributed by atoms with van der Waals surface area (Å²) in [6.45, 7) is -0.320. The Kier molecular flexibility index (Phi) is 5.91. The predicted molar refractivity (Wildman–Crippen MR) is 90.2 cm³/mol. The first-order valence-corrected chi connectivity index (χ1v) is 7.56. The highest BCUT2D eigenvalue weighted by atomic mass is 79.9. The molecule has 0 unspecified atom stereocenters. The third-order valence-corrected chi connectivity index (χ3v) is 3.71. The van der Waals surface area contributed by atoms with Gasteiger partial charge < -0.3 is 9.84 Å². The number of halogens is 1. The highest BCUT2D eigenvalue weighted by molar-refractivity contribution is 9.10. The van der Waals surface area contributed by atoms with Crippen LogP contribution in [0.1, 0.15) is 0 Å². The molecule has 0 saturated carbocycles. The van der Waals surface area contributed by atoms with Crippen molar-refractivity contribution in [3.8, 4) is 5.75 Å². The van der Waals surface area contributed by atoms with E-state index in [4.69, 9.17) is 9.84 Å². The van der Waals surface area contributed by atoms with Crippen molar-refractivity contribution in [2.24, 2.45) is 0 Å². The minimum Gasteiger partial charge on any atom is -0.483 e. The molecule has 0 aliphatic heterocycles. The average molecular weight is 393 g/mol. The first kappa shape index (κ1) is 17.5. The monoisotopic (exact) mass is 392 g/mol. The molecule has 0 atom stereocenters. The van der Waals surface area contributed by atoms with Gasteiger partial charge in [0.1, 0.15) is 5.75 Å². The van der Waals surface area contributed by atoms with Crippen molar-refractivity contribution in [3.05, 3.63) is 53.0 Å². The lowest BCUT2D eigenvalue weighted by atomic mass is 10.1. The molecule has 0 radical (unpaired) electrons. The highest BCUT2D eigenvalue weighted by Gasteiger charge is 2.09. The van der Waals surface area contributed by atoms with Crippen LogP contribution in [0.15, 0.2) is 53.0 Å². The van der Waals surface area contributed by atoms with Gasteiger partial charge in [0.2, 0.25) is 0 Å². The number of aliphatic carboxylic acids is 1. The second kappa shape index (κ2) is 8.11. The van der Waals surface area contributed by atoms with Gasteiger partial charge in [0, 0.05) is 12.2 Å². The smallest absolute Gasteiger partial charge is 0.328 e. The quantitative estimate of drug-likeness (QED) is 0.531. The number of amides is 2. The minimum absolute atomic E-state index is 0.320. The summed E-state index contributed by atoms with van der Waals surface area (Å²) >= 11 is 3.44. The van der Waals surface area contributed by atoms with Crippen LogP contribution in [0, 0.1) is 0 Å². The van der Waals surface area contributed by atoms with Crippen LogP contribution in [0.2, 0.25) is 0 Å². The number of hydrogen-bond donors (Lipinski definition) is 3. The molecule has 0 spiro atoms. The van der Waals surface area contributed by atoms with Gasteiger partial charge in [-0.1, -0.05) is 30.3 Å². The molecule has 0 saturated heterocycles. The molecule has 2 aromatic carbocycles. The SMILES string of the molecule is O=C(O)C=CC(=O)NNC(=O)COc1ccc2ccccc2c1Br. The van der Waals surface area contributed by atoms with Gasteiger partial charge in [0.15, 0.2) is 6.61 Å². The lowest BCUT2D eigenvalue weighted by Crippen LogP contribution is -2.43. The van der Waals surface area contributed by atoms with Crippen LogP contribution in [0.25, 0.3) is 10.8 Å². The van der Waals surface area contributed by atoms with Crippen LogP contribution in [-0.2, 0) is 14.4 Å². The van der Waals surface area contributed by atoms with E-state index in [-0.39, 0.29) is 6.61 Å². The Labute approximate surface area is 145 Å². The summed E-state index contributed by atoms with van der Waals surface area (Å²) in [6, 6.07) is 11.3. The standard InChI is InChI=1S/C16H13BrN2O5/c17-16-11-4-2-1-3-10(11)5-6-12(16)24-9-14(21)19-18-13(20)7-8-15(22)23/h1-8H,9H2,(H,18,20)(H,19,21)(H,22,23). The molecule has 2 aromatic rings. The number of carbonyl (C=O) groups is 3. The van der Waals surface area contributed by atoms with Gasteiger partial charge in [-0.25, -0.2) is 4.79 Å². The van der Waals surface area contributed by atoms with E-state index in [0.29, 0.717) is 11.8 Å². The van der Waals surface area contributed by atoms with E-state index in [0.717, 1.165) is 21.3 Å². The Hall–Kier alpha value is -2.87. The first-order valence-electron chi connectivity index (χ1n) is 6.77. The summed E-state index contributed by atoms with van der Waals surface area (Å²) in [5, 5.41) is 10.3. The van der Waals surface area contributed by atoms with Gasteiger partial charge in [-0.3, -0.25) is 20.4 Å². The summed E-state index contributed by atoms with van der Waals surface area (Å²) in [4.78, 5) is 33.1. The maximum atomic E-state index is 11.6. The van der Waals surface area contributed by atoms with Crippen LogP contribution >= 0.6 is 15.9 Å². The molecule has 24 heavy (non-hydrogen) atoms. The van der Waals surface area contributed by atoms with Crippen LogP contribution < -0.4 is 15.6 Å². The highest BCUT2D eigenvalue weighted by Crippen LogP contribution is 2.32. The molecule has 2 amide bonds. The number of benzene rings is 2. The number of nitrogens with one attached hydrogen (secondary N) is 2. The Morgan fingerprint density at radius 3 is 2.58 bits per heavy atom. The van der Waals surface area contributed by atoms with E-state index in [1.54, 1.807) is 6.07 Å². The number of ether oxygens (including phenoxy) is 1. The van der Waals surface area contributed by atoms with Gasteiger partial charge >= 0.3 is 5.97 Å². The van der Waals surface area contributed by atoms with Gasteiger partial charge in [-0.2, -0.15) is 0 Å². The van der Waals surface area contributed by atoms with Crippen molar-refractivity contribution in [1.82, 2.24) is 10.9 Å². The number of carbonyl (C=O) groups excluding carboxylic acids is 2. The van der Waals surface area contributed by atoms with E-state index >= 15 is 0 Å². The summed E-state index contributed by atoms with van der Waals surface area (Å²) in [5.41, 5.74) is 4.15. The van der Waals surface area contributed by atoms with E-state index in [1.165, 1.54) is 0 Å². The van der Waals surface area contributed by atoms with Gasteiger partial charge in [0.25, 0.3) is 11.8 Å². The third kappa shape index (κ3) is 4.82. The molecule has 0 heterocycles. The van der Waals surface area contributed by atoms with Crippen LogP contribution in [0.3, 0.4) is 0 Å². The fourth-order valence-corrected chi connectivity index (χ4v) is 2.43. The molecule has 3 N–H and O–H groups in total. The van der Waals surface area contributed by atoms with Crippen molar-refractivity contribution in [1.29, 1.82) is 0 Å². The van der Waals surface area contributed by atoms with Crippen molar-refractivity contribution >= 4 is 44.5 Å². The Morgan fingerprint density at radius 1 is 1.08 bits per heavy atom. The molecular formula is C16H13BrN2O5. The second-order valence-electron chi connectivity index (χ2n) is 4.60. The van der Waals surface area contributed by atoms with E-state index in [9.17, 15) is 14.4 Å². The summed E-state index contributed by atoms with van der Waals surface area (Å²) in [5.74, 6) is -2.13. The van der Waals surface area contributed by atoms with Crippen molar-refractivity contribution in [2.75, 3.05) is 6.61 Å². The van der Waals surface area contributed by atoms with Crippen molar-refractivity contribution in [2.45, 2.75) is 0 Å². The zero-order chi connectivity index (χ0) is 17.5. The third-order valence-electron chi connectivity index (χ3n) is 2.89. The minimum atomic E-state index is -1.26. The Balaban J connectivity index is 1.89. The van der Waals surface area contributed by atoms with Gasteiger partial charge in [-0.05, 0) is 32.8 Å². The van der Waals surface area contributed by atoms with E-state index in [1.807, 2.05) is 35.8 Å². The molecule has 2 rings (SSSR count). The molecule has 0 aliphatic carbocycles. The van der Waals surface area contributed by atoms with Crippen LogP contribution in [-0.4, -0.2) is 29.5 Å².